The molecule has 2 fully saturated rings. The number of benzene rings is 1. The van der Waals surface area contributed by atoms with Gasteiger partial charge in [0.15, 0.2) is 0 Å². The van der Waals surface area contributed by atoms with E-state index in [1.807, 2.05) is 0 Å². The van der Waals surface area contributed by atoms with E-state index in [1.54, 1.807) is 12.1 Å². The quantitative estimate of drug-likeness (QED) is 0.668. The average Bonchev–Trinajstić information content (AvgIpc) is 2.94. The molecule has 164 valence electrons. The summed E-state index contributed by atoms with van der Waals surface area (Å²) in [5, 5.41) is 5.61. The van der Waals surface area contributed by atoms with Crippen LogP contribution in [0.2, 0.25) is 0 Å². The van der Waals surface area contributed by atoms with Crippen LogP contribution >= 0.6 is 0 Å². The highest BCUT2D eigenvalue weighted by Crippen LogP contribution is 2.45. The number of imide groups is 1. The lowest BCUT2D eigenvalue weighted by Gasteiger charge is -2.42. The fourth-order valence-corrected chi connectivity index (χ4v) is 4.54. The first kappa shape index (κ1) is 22.2. The van der Waals surface area contributed by atoms with E-state index < -0.39 is 11.6 Å². The summed E-state index contributed by atoms with van der Waals surface area (Å²) in [7, 11) is 0. The second-order valence-electron chi connectivity index (χ2n) is 9.25. The molecule has 1 saturated carbocycles. The first-order valence-corrected chi connectivity index (χ1v) is 10.8. The number of urea groups is 1. The van der Waals surface area contributed by atoms with Gasteiger partial charge in [-0.05, 0) is 61.1 Å². The van der Waals surface area contributed by atoms with Crippen LogP contribution in [0.1, 0.15) is 58.4 Å². The molecular formula is C23H32FN3O3. The largest absolute Gasteiger partial charge is 0.354 e. The Bertz CT molecular complexity index is 798. The number of hydrogen-bond acceptors (Lipinski definition) is 3. The second-order valence-corrected chi connectivity index (χ2v) is 9.25. The van der Waals surface area contributed by atoms with Crippen molar-refractivity contribution in [1.29, 1.82) is 0 Å². The molecule has 1 saturated heterocycles. The number of nitrogens with one attached hydrogen (secondary N) is 2. The Morgan fingerprint density at radius 2 is 1.87 bits per heavy atom. The SMILES string of the molecule is CCC(C)(C)C1CCC2(CC1)NC(=O)N(CC(=O)NCCc1ccc(F)cc1)C2=O. The van der Waals surface area contributed by atoms with Gasteiger partial charge in [-0.3, -0.25) is 14.5 Å². The van der Waals surface area contributed by atoms with Crippen LogP contribution in [-0.2, 0) is 16.0 Å². The zero-order valence-corrected chi connectivity index (χ0v) is 18.1. The van der Waals surface area contributed by atoms with Gasteiger partial charge in [0.1, 0.15) is 17.9 Å². The van der Waals surface area contributed by atoms with Crippen LogP contribution in [0, 0.1) is 17.2 Å². The van der Waals surface area contributed by atoms with Gasteiger partial charge in [0.2, 0.25) is 5.91 Å². The monoisotopic (exact) mass is 417 g/mol. The van der Waals surface area contributed by atoms with Crippen LogP contribution in [0.3, 0.4) is 0 Å². The Labute approximate surface area is 177 Å². The number of rotatable bonds is 7. The molecule has 7 heteroatoms. The van der Waals surface area contributed by atoms with Gasteiger partial charge in [0.05, 0.1) is 0 Å². The van der Waals surface area contributed by atoms with E-state index >= 15 is 0 Å². The molecule has 2 N–H and O–H groups in total. The van der Waals surface area contributed by atoms with Crippen molar-refractivity contribution in [3.63, 3.8) is 0 Å². The molecular weight excluding hydrogens is 385 g/mol. The van der Waals surface area contributed by atoms with Crippen LogP contribution in [0.5, 0.6) is 0 Å². The molecule has 6 nitrogen and oxygen atoms in total. The number of hydrogen-bond donors (Lipinski definition) is 2. The van der Waals surface area contributed by atoms with Crippen molar-refractivity contribution < 1.29 is 18.8 Å². The van der Waals surface area contributed by atoms with Gasteiger partial charge in [0.25, 0.3) is 5.91 Å². The first-order valence-electron chi connectivity index (χ1n) is 10.8. The molecule has 2 aliphatic rings. The molecule has 0 radical (unpaired) electrons. The molecule has 0 unspecified atom stereocenters. The predicted octanol–water partition coefficient (Wildman–Crippen LogP) is 3.40. The Balaban J connectivity index is 1.51. The van der Waals surface area contributed by atoms with Crippen LogP contribution in [0.25, 0.3) is 0 Å². The lowest BCUT2D eigenvalue weighted by atomic mass is 9.65. The molecule has 30 heavy (non-hydrogen) atoms. The number of halogens is 1. The molecule has 0 atom stereocenters. The van der Waals surface area contributed by atoms with Gasteiger partial charge in [0, 0.05) is 6.54 Å². The lowest BCUT2D eigenvalue weighted by molar-refractivity contribution is -0.136. The maximum absolute atomic E-state index is 13.0. The van der Waals surface area contributed by atoms with Crippen molar-refractivity contribution in [2.24, 2.45) is 11.3 Å². The topological polar surface area (TPSA) is 78.5 Å². The van der Waals surface area contributed by atoms with Gasteiger partial charge >= 0.3 is 6.03 Å². The van der Waals surface area contributed by atoms with Crippen molar-refractivity contribution in [3.8, 4) is 0 Å². The van der Waals surface area contributed by atoms with Crippen molar-refractivity contribution in [3.05, 3.63) is 35.6 Å². The Morgan fingerprint density at radius 1 is 1.23 bits per heavy atom. The zero-order chi connectivity index (χ0) is 21.9. The summed E-state index contributed by atoms with van der Waals surface area (Å²) in [6, 6.07) is 5.60. The van der Waals surface area contributed by atoms with E-state index in [4.69, 9.17) is 0 Å². The number of nitrogens with zero attached hydrogens (tertiary/aromatic N) is 1. The number of carbonyl (C=O) groups is 3. The summed E-state index contributed by atoms with van der Waals surface area (Å²) >= 11 is 0. The third kappa shape index (κ3) is 4.65. The van der Waals surface area contributed by atoms with E-state index in [0.29, 0.717) is 31.7 Å². The minimum Gasteiger partial charge on any atom is -0.354 e. The van der Waals surface area contributed by atoms with Gasteiger partial charge in [-0.25, -0.2) is 9.18 Å². The molecule has 1 heterocycles. The van der Waals surface area contributed by atoms with E-state index in [2.05, 4.69) is 31.4 Å². The number of carbonyl (C=O) groups excluding carboxylic acids is 3. The summed E-state index contributed by atoms with van der Waals surface area (Å²) in [6.45, 7) is 6.77. The molecule has 1 aromatic rings. The fraction of sp³-hybridized carbons (Fsp3) is 0.609. The summed E-state index contributed by atoms with van der Waals surface area (Å²) < 4.78 is 12.9. The maximum atomic E-state index is 13.0. The van der Waals surface area contributed by atoms with Gasteiger partial charge in [-0.1, -0.05) is 39.3 Å². The third-order valence-corrected chi connectivity index (χ3v) is 7.05. The van der Waals surface area contributed by atoms with Crippen molar-refractivity contribution in [1.82, 2.24) is 15.5 Å². The van der Waals surface area contributed by atoms with Crippen LogP contribution in [-0.4, -0.2) is 41.4 Å². The smallest absolute Gasteiger partial charge is 0.325 e. The highest BCUT2D eigenvalue weighted by atomic mass is 19.1. The molecule has 1 spiro atoms. The van der Waals surface area contributed by atoms with Gasteiger partial charge < -0.3 is 10.6 Å². The molecule has 0 bridgehead atoms. The minimum atomic E-state index is -0.855. The van der Waals surface area contributed by atoms with Crippen LogP contribution in [0.4, 0.5) is 9.18 Å². The Morgan fingerprint density at radius 3 is 2.47 bits per heavy atom. The van der Waals surface area contributed by atoms with E-state index in [1.165, 1.54) is 12.1 Å². The van der Waals surface area contributed by atoms with Crippen molar-refractivity contribution in [2.75, 3.05) is 13.1 Å². The summed E-state index contributed by atoms with van der Waals surface area (Å²) in [4.78, 5) is 38.8. The zero-order valence-electron chi connectivity index (χ0n) is 18.1. The van der Waals surface area contributed by atoms with Gasteiger partial charge in [-0.2, -0.15) is 0 Å². The minimum absolute atomic E-state index is 0.220. The molecule has 4 amide bonds. The standard InChI is InChI=1S/C23H32FN3O3/c1-4-22(2,3)17-9-12-23(13-10-17)20(29)27(21(30)26-23)15-19(28)25-14-11-16-5-7-18(24)8-6-16/h5-8,17H,4,9-15H2,1-3H3,(H,25,28)(H,26,30). The van der Waals surface area contributed by atoms with Gasteiger partial charge in [-0.15, -0.1) is 0 Å². The fourth-order valence-electron chi connectivity index (χ4n) is 4.54. The molecule has 1 aliphatic heterocycles. The third-order valence-electron chi connectivity index (χ3n) is 7.05. The van der Waals surface area contributed by atoms with Crippen molar-refractivity contribution in [2.45, 2.75) is 64.8 Å². The highest BCUT2D eigenvalue weighted by molar-refractivity contribution is 6.09. The molecule has 3 rings (SSSR count). The molecule has 0 aromatic heterocycles. The summed E-state index contributed by atoms with van der Waals surface area (Å²) in [5.74, 6) is -0.434. The number of amides is 4. The van der Waals surface area contributed by atoms with Crippen LogP contribution in [0.15, 0.2) is 24.3 Å². The van der Waals surface area contributed by atoms with E-state index in [-0.39, 0.29) is 29.6 Å². The lowest BCUT2D eigenvalue weighted by Crippen LogP contribution is -2.51. The normalized spacial score (nSPS) is 24.3. The summed E-state index contributed by atoms with van der Waals surface area (Å²) in [6.07, 6.45) is 4.65. The first-order chi connectivity index (χ1) is 14.2. The van der Waals surface area contributed by atoms with E-state index in [0.717, 1.165) is 29.7 Å². The van der Waals surface area contributed by atoms with Crippen molar-refractivity contribution >= 4 is 17.8 Å². The van der Waals surface area contributed by atoms with E-state index in [9.17, 15) is 18.8 Å². The predicted molar refractivity (Wildman–Crippen MR) is 112 cm³/mol. The summed E-state index contributed by atoms with van der Waals surface area (Å²) in [5.41, 5.74) is 0.265. The Kier molecular flexibility index (Phi) is 6.48. The Hall–Kier alpha value is -2.44. The highest BCUT2D eigenvalue weighted by Gasteiger charge is 2.53. The molecule has 1 aromatic carbocycles. The average molecular weight is 418 g/mol. The maximum Gasteiger partial charge on any atom is 0.325 e. The molecule has 1 aliphatic carbocycles. The van der Waals surface area contributed by atoms with Crippen LogP contribution < -0.4 is 10.6 Å². The second kappa shape index (κ2) is 8.74.